The second-order valence-electron chi connectivity index (χ2n) is 6.06. The molecule has 0 radical (unpaired) electrons. The average molecular weight is 345 g/mol. The van der Waals surface area contributed by atoms with Crippen molar-refractivity contribution in [3.8, 4) is 5.69 Å². The number of halogens is 1. The van der Waals surface area contributed by atoms with Crippen molar-refractivity contribution in [3.05, 3.63) is 94.5 Å². The van der Waals surface area contributed by atoms with Gasteiger partial charge in [-0.15, -0.1) is 0 Å². The smallest absolute Gasteiger partial charge is 0.267 e. The van der Waals surface area contributed by atoms with Crippen LogP contribution in [0.2, 0.25) is 0 Å². The number of aryl methyl sites for hydroxylation is 1. The third-order valence-corrected chi connectivity index (χ3v) is 4.17. The number of fused-ring (bicyclic) bond motifs is 1. The number of benzene rings is 3. The Balaban J connectivity index is 1.94. The van der Waals surface area contributed by atoms with Crippen molar-refractivity contribution in [1.29, 1.82) is 0 Å². The van der Waals surface area contributed by atoms with Crippen LogP contribution in [0.4, 0.5) is 16.0 Å². The van der Waals surface area contributed by atoms with Gasteiger partial charge in [0.15, 0.2) is 0 Å². The number of aromatic nitrogens is 2. The largest absolute Gasteiger partial charge is 0.325 e. The molecule has 0 amide bonds. The average Bonchev–Trinajstić information content (AvgIpc) is 2.65. The maximum absolute atomic E-state index is 13.2. The third kappa shape index (κ3) is 2.95. The van der Waals surface area contributed by atoms with Crippen molar-refractivity contribution in [1.82, 2.24) is 9.55 Å². The van der Waals surface area contributed by atoms with Gasteiger partial charge in [-0.1, -0.05) is 29.8 Å². The number of hydrogen-bond acceptors (Lipinski definition) is 3. The van der Waals surface area contributed by atoms with Crippen LogP contribution in [-0.2, 0) is 0 Å². The van der Waals surface area contributed by atoms with Crippen LogP contribution in [0.15, 0.2) is 77.6 Å². The van der Waals surface area contributed by atoms with Crippen molar-refractivity contribution in [3.63, 3.8) is 0 Å². The van der Waals surface area contributed by atoms with Gasteiger partial charge in [-0.2, -0.15) is 0 Å². The van der Waals surface area contributed by atoms with Crippen LogP contribution in [0.1, 0.15) is 5.56 Å². The van der Waals surface area contributed by atoms with E-state index in [-0.39, 0.29) is 11.4 Å². The summed E-state index contributed by atoms with van der Waals surface area (Å²) in [6.45, 7) is 1.99. The predicted molar refractivity (Wildman–Crippen MR) is 102 cm³/mol. The van der Waals surface area contributed by atoms with E-state index in [0.717, 1.165) is 5.56 Å². The van der Waals surface area contributed by atoms with Crippen LogP contribution in [0, 0.1) is 12.7 Å². The van der Waals surface area contributed by atoms with E-state index in [2.05, 4.69) is 10.3 Å². The van der Waals surface area contributed by atoms with E-state index in [0.29, 0.717) is 28.2 Å². The summed E-state index contributed by atoms with van der Waals surface area (Å²) in [4.78, 5) is 17.7. The van der Waals surface area contributed by atoms with E-state index in [9.17, 15) is 9.18 Å². The van der Waals surface area contributed by atoms with Crippen molar-refractivity contribution < 1.29 is 4.39 Å². The molecule has 0 fully saturated rings. The molecule has 0 saturated heterocycles. The van der Waals surface area contributed by atoms with E-state index in [1.54, 1.807) is 24.3 Å². The Bertz CT molecular complexity index is 1130. The SMILES string of the molecule is Cc1ccc(-n2c(Nc3ccc(F)cc3)nc3ccccc3c2=O)cc1. The quantitative estimate of drug-likeness (QED) is 0.591. The molecule has 0 unspecified atom stereocenters. The molecule has 0 aliphatic heterocycles. The first-order valence-electron chi connectivity index (χ1n) is 8.23. The number of rotatable bonds is 3. The molecule has 3 aromatic carbocycles. The molecule has 4 aromatic rings. The molecule has 26 heavy (non-hydrogen) atoms. The van der Waals surface area contributed by atoms with Gasteiger partial charge < -0.3 is 5.32 Å². The first-order chi connectivity index (χ1) is 12.6. The van der Waals surface area contributed by atoms with Gasteiger partial charge in [-0.05, 0) is 55.5 Å². The minimum absolute atomic E-state index is 0.163. The zero-order valence-electron chi connectivity index (χ0n) is 14.1. The highest BCUT2D eigenvalue weighted by Crippen LogP contribution is 2.20. The Hall–Kier alpha value is -3.47. The Labute approximate surface area is 149 Å². The van der Waals surface area contributed by atoms with Crippen LogP contribution >= 0.6 is 0 Å². The molecular weight excluding hydrogens is 329 g/mol. The van der Waals surface area contributed by atoms with E-state index < -0.39 is 0 Å². The Morgan fingerprint density at radius 3 is 2.35 bits per heavy atom. The molecule has 0 aliphatic rings. The maximum atomic E-state index is 13.2. The summed E-state index contributed by atoms with van der Waals surface area (Å²) in [5.41, 5.74) is 2.90. The molecular formula is C21H16FN3O. The summed E-state index contributed by atoms with van der Waals surface area (Å²) in [6.07, 6.45) is 0. The highest BCUT2D eigenvalue weighted by molar-refractivity contribution is 5.79. The van der Waals surface area contributed by atoms with Gasteiger partial charge in [0, 0.05) is 5.69 Å². The lowest BCUT2D eigenvalue weighted by atomic mass is 10.2. The minimum atomic E-state index is -0.321. The van der Waals surface area contributed by atoms with Crippen LogP contribution in [0.25, 0.3) is 16.6 Å². The van der Waals surface area contributed by atoms with Crippen molar-refractivity contribution in [2.75, 3.05) is 5.32 Å². The maximum Gasteiger partial charge on any atom is 0.267 e. The molecule has 1 heterocycles. The Kier molecular flexibility index (Phi) is 3.97. The summed E-state index contributed by atoms with van der Waals surface area (Å²) in [6, 6.07) is 20.8. The number of nitrogens with one attached hydrogen (secondary N) is 1. The standard InChI is InChI=1S/C21H16FN3O/c1-14-6-12-17(13-7-14)25-20(26)18-4-2-3-5-19(18)24-21(25)23-16-10-8-15(22)9-11-16/h2-13H,1H3,(H,23,24). The van der Waals surface area contributed by atoms with Crippen molar-refractivity contribution in [2.45, 2.75) is 6.92 Å². The van der Waals surface area contributed by atoms with Gasteiger partial charge in [0.2, 0.25) is 5.95 Å². The van der Waals surface area contributed by atoms with E-state index in [1.165, 1.54) is 16.7 Å². The Morgan fingerprint density at radius 2 is 1.62 bits per heavy atom. The number of nitrogens with zero attached hydrogens (tertiary/aromatic N) is 2. The molecule has 4 rings (SSSR count). The molecule has 0 atom stereocenters. The molecule has 1 aromatic heterocycles. The topological polar surface area (TPSA) is 46.9 Å². The van der Waals surface area contributed by atoms with Crippen LogP contribution in [0.3, 0.4) is 0 Å². The minimum Gasteiger partial charge on any atom is -0.325 e. The molecule has 0 bridgehead atoms. The number of hydrogen-bond donors (Lipinski definition) is 1. The monoisotopic (exact) mass is 345 g/mol. The summed E-state index contributed by atoms with van der Waals surface area (Å²) in [5, 5.41) is 3.67. The van der Waals surface area contributed by atoms with Gasteiger partial charge in [0.05, 0.1) is 16.6 Å². The summed E-state index contributed by atoms with van der Waals surface area (Å²) in [5.74, 6) is 0.0575. The molecule has 1 N–H and O–H groups in total. The van der Waals surface area contributed by atoms with Gasteiger partial charge >= 0.3 is 0 Å². The summed E-state index contributed by atoms with van der Waals surface area (Å²) >= 11 is 0. The lowest BCUT2D eigenvalue weighted by Gasteiger charge is -2.15. The molecule has 0 aliphatic carbocycles. The zero-order chi connectivity index (χ0) is 18.1. The Morgan fingerprint density at radius 1 is 0.923 bits per heavy atom. The molecule has 4 nitrogen and oxygen atoms in total. The van der Waals surface area contributed by atoms with Crippen LogP contribution in [-0.4, -0.2) is 9.55 Å². The molecule has 0 saturated carbocycles. The lowest BCUT2D eigenvalue weighted by Crippen LogP contribution is -2.22. The van der Waals surface area contributed by atoms with E-state index in [4.69, 9.17) is 0 Å². The second-order valence-corrected chi connectivity index (χ2v) is 6.06. The van der Waals surface area contributed by atoms with Crippen LogP contribution < -0.4 is 10.9 Å². The molecule has 0 spiro atoms. The van der Waals surface area contributed by atoms with Gasteiger partial charge in [0.25, 0.3) is 5.56 Å². The molecule has 5 heteroatoms. The van der Waals surface area contributed by atoms with E-state index >= 15 is 0 Å². The summed E-state index contributed by atoms with van der Waals surface area (Å²) in [7, 11) is 0. The summed E-state index contributed by atoms with van der Waals surface area (Å²) < 4.78 is 14.7. The predicted octanol–water partition coefficient (Wildman–Crippen LogP) is 4.58. The van der Waals surface area contributed by atoms with Gasteiger partial charge in [0.1, 0.15) is 5.82 Å². The number of anilines is 2. The van der Waals surface area contributed by atoms with Crippen molar-refractivity contribution in [2.24, 2.45) is 0 Å². The van der Waals surface area contributed by atoms with Crippen molar-refractivity contribution >= 4 is 22.5 Å². The number of para-hydroxylation sites is 1. The van der Waals surface area contributed by atoms with Gasteiger partial charge in [-0.3, -0.25) is 4.79 Å². The lowest BCUT2D eigenvalue weighted by molar-refractivity contribution is 0.628. The normalized spacial score (nSPS) is 10.8. The van der Waals surface area contributed by atoms with Crippen LogP contribution in [0.5, 0.6) is 0 Å². The zero-order valence-corrected chi connectivity index (χ0v) is 14.1. The fourth-order valence-electron chi connectivity index (χ4n) is 2.81. The second kappa shape index (κ2) is 6.44. The van der Waals surface area contributed by atoms with Gasteiger partial charge in [-0.25, -0.2) is 13.9 Å². The third-order valence-electron chi connectivity index (χ3n) is 4.17. The fourth-order valence-corrected chi connectivity index (χ4v) is 2.81. The highest BCUT2D eigenvalue weighted by Gasteiger charge is 2.13. The van der Waals surface area contributed by atoms with E-state index in [1.807, 2.05) is 43.3 Å². The first kappa shape index (κ1) is 16.0. The highest BCUT2D eigenvalue weighted by atomic mass is 19.1. The fraction of sp³-hybridized carbons (Fsp3) is 0.0476. The first-order valence-corrected chi connectivity index (χ1v) is 8.23. The molecule has 128 valence electrons.